The monoisotopic (exact) mass is 276 g/mol. The smallest absolute Gasteiger partial charge is 0.193 e. The van der Waals surface area contributed by atoms with E-state index in [0.29, 0.717) is 11.0 Å². The van der Waals surface area contributed by atoms with Crippen LogP contribution in [0.2, 0.25) is 0 Å². The molecule has 7 heteroatoms. The molecule has 0 saturated heterocycles. The summed E-state index contributed by atoms with van der Waals surface area (Å²) in [5.41, 5.74) is 3.58. The lowest BCUT2D eigenvalue weighted by molar-refractivity contribution is 0.754. The molecule has 0 spiro atoms. The molecule has 0 amide bonds. The van der Waals surface area contributed by atoms with Gasteiger partial charge in [-0.15, -0.1) is 0 Å². The quantitative estimate of drug-likeness (QED) is 0.382. The number of rotatable bonds is 4. The van der Waals surface area contributed by atoms with E-state index in [1.807, 2.05) is 20.8 Å². The summed E-state index contributed by atoms with van der Waals surface area (Å²) < 4.78 is 0. The van der Waals surface area contributed by atoms with Gasteiger partial charge in [0.1, 0.15) is 16.7 Å². The van der Waals surface area contributed by atoms with Gasteiger partial charge in [0.25, 0.3) is 0 Å². The van der Waals surface area contributed by atoms with Gasteiger partial charge < -0.3 is 5.43 Å². The zero-order chi connectivity index (χ0) is 13.8. The minimum absolute atomic E-state index is 0.228. The van der Waals surface area contributed by atoms with Crippen molar-refractivity contribution in [2.45, 2.75) is 36.9 Å². The van der Waals surface area contributed by atoms with Gasteiger partial charge in [0.15, 0.2) is 5.16 Å². The first-order valence-electron chi connectivity index (χ1n) is 5.90. The molecule has 6 nitrogen and oxygen atoms in total. The number of aromatic nitrogens is 4. The second kappa shape index (κ2) is 5.94. The molecular formula is C12H16N6S. The molecule has 19 heavy (non-hydrogen) atoms. The minimum Gasteiger partial charge on any atom is -0.308 e. The Morgan fingerprint density at radius 2 is 1.89 bits per heavy atom. The third-order valence-corrected chi connectivity index (χ3v) is 3.15. The number of hydrogen-bond donors (Lipinski definition) is 2. The van der Waals surface area contributed by atoms with Crippen molar-refractivity contribution in [3.63, 3.8) is 0 Å². The fourth-order valence-electron chi connectivity index (χ4n) is 1.35. The molecule has 0 aliphatic carbocycles. The van der Waals surface area contributed by atoms with Gasteiger partial charge in [-0.2, -0.15) is 0 Å². The van der Waals surface area contributed by atoms with Crippen molar-refractivity contribution in [3.05, 3.63) is 29.8 Å². The first kappa shape index (κ1) is 13.7. The zero-order valence-corrected chi connectivity index (χ0v) is 11.9. The van der Waals surface area contributed by atoms with Crippen LogP contribution in [0.3, 0.4) is 0 Å². The second-order valence-electron chi connectivity index (χ2n) is 4.39. The van der Waals surface area contributed by atoms with Crippen LogP contribution < -0.4 is 11.3 Å². The van der Waals surface area contributed by atoms with Gasteiger partial charge in [0.05, 0.1) is 0 Å². The van der Waals surface area contributed by atoms with Crippen LogP contribution in [0.1, 0.15) is 31.2 Å². The fraction of sp³-hybridized carbons (Fsp3) is 0.333. The Hall–Kier alpha value is -1.73. The van der Waals surface area contributed by atoms with Crippen molar-refractivity contribution in [1.29, 1.82) is 0 Å². The lowest BCUT2D eigenvalue weighted by Gasteiger charge is -2.08. The van der Waals surface area contributed by atoms with Crippen LogP contribution in [0.15, 0.2) is 28.6 Å². The Morgan fingerprint density at radius 3 is 2.47 bits per heavy atom. The van der Waals surface area contributed by atoms with E-state index in [4.69, 9.17) is 5.84 Å². The molecule has 0 unspecified atom stereocenters. The summed E-state index contributed by atoms with van der Waals surface area (Å²) in [6.07, 6.45) is 3.56. The Balaban J connectivity index is 2.28. The SMILES string of the molecule is Cc1cnc(Sc2cc(NN)nc(C(C)C)n2)nc1. The average Bonchev–Trinajstić information content (AvgIpc) is 2.41. The highest BCUT2D eigenvalue weighted by Gasteiger charge is 2.09. The maximum Gasteiger partial charge on any atom is 0.193 e. The molecule has 0 radical (unpaired) electrons. The van der Waals surface area contributed by atoms with Crippen molar-refractivity contribution >= 4 is 17.6 Å². The van der Waals surface area contributed by atoms with Crippen molar-refractivity contribution in [3.8, 4) is 0 Å². The van der Waals surface area contributed by atoms with E-state index >= 15 is 0 Å². The average molecular weight is 276 g/mol. The lowest BCUT2D eigenvalue weighted by Crippen LogP contribution is -2.11. The van der Waals surface area contributed by atoms with Gasteiger partial charge in [0, 0.05) is 24.4 Å². The molecule has 0 bridgehead atoms. The van der Waals surface area contributed by atoms with Crippen LogP contribution in [0.25, 0.3) is 0 Å². The van der Waals surface area contributed by atoms with Crippen LogP contribution in [-0.4, -0.2) is 19.9 Å². The molecule has 2 aromatic heterocycles. The maximum absolute atomic E-state index is 5.42. The molecule has 0 aromatic carbocycles. The summed E-state index contributed by atoms with van der Waals surface area (Å²) in [4.78, 5) is 17.3. The molecular weight excluding hydrogens is 260 g/mol. The van der Waals surface area contributed by atoms with Crippen molar-refractivity contribution < 1.29 is 0 Å². The number of hydrogen-bond acceptors (Lipinski definition) is 7. The molecule has 0 saturated carbocycles. The van der Waals surface area contributed by atoms with Crippen molar-refractivity contribution in [1.82, 2.24) is 19.9 Å². The number of nitrogens with two attached hydrogens (primary N) is 1. The largest absolute Gasteiger partial charge is 0.308 e. The Labute approximate surface area is 116 Å². The van der Waals surface area contributed by atoms with Gasteiger partial charge in [-0.05, 0) is 24.2 Å². The topological polar surface area (TPSA) is 89.6 Å². The number of anilines is 1. The van der Waals surface area contributed by atoms with Gasteiger partial charge in [-0.3, -0.25) is 0 Å². The highest BCUT2D eigenvalue weighted by atomic mass is 32.2. The van der Waals surface area contributed by atoms with Crippen LogP contribution in [0, 0.1) is 6.92 Å². The van der Waals surface area contributed by atoms with E-state index in [2.05, 4.69) is 25.4 Å². The van der Waals surface area contributed by atoms with Gasteiger partial charge >= 0.3 is 0 Å². The number of aryl methyl sites for hydroxylation is 1. The number of nitrogens with one attached hydrogen (secondary N) is 1. The van der Waals surface area contributed by atoms with Crippen LogP contribution >= 0.6 is 11.8 Å². The first-order valence-corrected chi connectivity index (χ1v) is 6.72. The standard InChI is InChI=1S/C12H16N6S/c1-7(2)11-16-9(18-13)4-10(17-11)19-12-14-5-8(3)6-15-12/h4-7H,13H2,1-3H3,(H,16,17,18). The molecule has 0 aliphatic heterocycles. The van der Waals surface area contributed by atoms with E-state index in [9.17, 15) is 0 Å². The van der Waals surface area contributed by atoms with Crippen LogP contribution in [-0.2, 0) is 0 Å². The summed E-state index contributed by atoms with van der Waals surface area (Å²) in [6.45, 7) is 6.02. The highest BCUT2D eigenvalue weighted by Crippen LogP contribution is 2.25. The van der Waals surface area contributed by atoms with E-state index in [1.54, 1.807) is 18.5 Å². The second-order valence-corrected chi connectivity index (χ2v) is 5.38. The highest BCUT2D eigenvalue weighted by molar-refractivity contribution is 7.99. The molecule has 2 heterocycles. The fourth-order valence-corrected chi connectivity index (χ4v) is 2.06. The lowest BCUT2D eigenvalue weighted by atomic mass is 10.2. The molecule has 0 fully saturated rings. The Kier molecular flexibility index (Phi) is 4.28. The first-order chi connectivity index (χ1) is 9.08. The molecule has 0 atom stereocenters. The molecule has 100 valence electrons. The number of hydrazine groups is 1. The summed E-state index contributed by atoms with van der Waals surface area (Å²) in [7, 11) is 0. The molecule has 2 rings (SSSR count). The number of nitrogen functional groups attached to an aromatic ring is 1. The Bertz CT molecular complexity index is 555. The van der Waals surface area contributed by atoms with E-state index < -0.39 is 0 Å². The van der Waals surface area contributed by atoms with Gasteiger partial charge in [-0.25, -0.2) is 25.8 Å². The molecule has 2 aromatic rings. The maximum atomic E-state index is 5.42. The van der Waals surface area contributed by atoms with Crippen molar-refractivity contribution in [2.75, 3.05) is 5.43 Å². The summed E-state index contributed by atoms with van der Waals surface area (Å²) in [5, 5.41) is 1.43. The number of nitrogens with zero attached hydrogens (tertiary/aromatic N) is 4. The third kappa shape index (κ3) is 3.62. The minimum atomic E-state index is 0.228. The third-order valence-electron chi connectivity index (χ3n) is 2.34. The molecule has 3 N–H and O–H groups in total. The predicted octanol–water partition coefficient (Wildman–Crippen LogP) is 2.14. The Morgan fingerprint density at radius 1 is 1.21 bits per heavy atom. The summed E-state index contributed by atoms with van der Waals surface area (Å²) in [6, 6.07) is 1.78. The molecule has 0 aliphatic rings. The predicted molar refractivity (Wildman–Crippen MR) is 74.8 cm³/mol. The van der Waals surface area contributed by atoms with Crippen LogP contribution in [0.5, 0.6) is 0 Å². The van der Waals surface area contributed by atoms with Gasteiger partial charge in [-0.1, -0.05) is 13.8 Å². The summed E-state index contributed by atoms with van der Waals surface area (Å²) in [5.74, 6) is 6.98. The summed E-state index contributed by atoms with van der Waals surface area (Å²) >= 11 is 1.39. The normalized spacial score (nSPS) is 10.8. The van der Waals surface area contributed by atoms with Crippen molar-refractivity contribution in [2.24, 2.45) is 5.84 Å². The van der Waals surface area contributed by atoms with Crippen LogP contribution in [0.4, 0.5) is 5.82 Å². The van der Waals surface area contributed by atoms with E-state index in [1.165, 1.54) is 11.8 Å². The van der Waals surface area contributed by atoms with E-state index in [-0.39, 0.29) is 5.92 Å². The van der Waals surface area contributed by atoms with Gasteiger partial charge in [0.2, 0.25) is 0 Å². The van der Waals surface area contributed by atoms with E-state index in [0.717, 1.165) is 16.4 Å². The zero-order valence-electron chi connectivity index (χ0n) is 11.1.